The van der Waals surface area contributed by atoms with E-state index in [1.807, 2.05) is 0 Å². The summed E-state index contributed by atoms with van der Waals surface area (Å²) in [5, 5.41) is 3.39. The first kappa shape index (κ1) is 9.44. The summed E-state index contributed by atoms with van der Waals surface area (Å²) in [6.45, 7) is 7.75. The van der Waals surface area contributed by atoms with Crippen molar-refractivity contribution < 1.29 is 4.74 Å². The van der Waals surface area contributed by atoms with Crippen LogP contribution in [0, 0.1) is 0 Å². The van der Waals surface area contributed by atoms with E-state index >= 15 is 0 Å². The standard InChI is InChI=1S/C10H20N2O/c1-2-12-8-3-9-13-10(12)4-6-11-7-5-10/h11H,2-9H2,1H3. The van der Waals surface area contributed by atoms with E-state index in [9.17, 15) is 0 Å². The molecule has 3 heteroatoms. The molecule has 0 unspecified atom stereocenters. The van der Waals surface area contributed by atoms with Crippen molar-refractivity contribution in [3.63, 3.8) is 0 Å². The molecule has 2 fully saturated rings. The topological polar surface area (TPSA) is 24.5 Å². The highest BCUT2D eigenvalue weighted by atomic mass is 16.5. The molecule has 2 aliphatic rings. The average Bonchev–Trinajstić information content (AvgIpc) is 2.20. The second-order valence-electron chi connectivity index (χ2n) is 3.98. The molecule has 76 valence electrons. The van der Waals surface area contributed by atoms with Crippen LogP contribution in [0.3, 0.4) is 0 Å². The molecule has 0 bridgehead atoms. The largest absolute Gasteiger partial charge is 0.360 e. The second kappa shape index (κ2) is 3.95. The Hall–Kier alpha value is -0.120. The number of hydrogen-bond acceptors (Lipinski definition) is 3. The number of nitrogens with one attached hydrogen (secondary N) is 1. The number of hydrogen-bond donors (Lipinski definition) is 1. The summed E-state index contributed by atoms with van der Waals surface area (Å²) in [5.41, 5.74) is 0.0955. The zero-order valence-corrected chi connectivity index (χ0v) is 8.51. The monoisotopic (exact) mass is 184 g/mol. The molecular formula is C10H20N2O. The molecule has 0 saturated carbocycles. The molecule has 1 N–H and O–H groups in total. The van der Waals surface area contributed by atoms with Crippen LogP contribution in [0.2, 0.25) is 0 Å². The van der Waals surface area contributed by atoms with Crippen LogP contribution in [0.1, 0.15) is 26.2 Å². The lowest BCUT2D eigenvalue weighted by molar-refractivity contribution is -0.197. The zero-order chi connectivity index (χ0) is 9.15. The summed E-state index contributed by atoms with van der Waals surface area (Å²) in [6, 6.07) is 0. The van der Waals surface area contributed by atoms with Crippen molar-refractivity contribution in [2.45, 2.75) is 31.9 Å². The van der Waals surface area contributed by atoms with Gasteiger partial charge in [-0.1, -0.05) is 6.92 Å². The van der Waals surface area contributed by atoms with E-state index in [1.165, 1.54) is 13.0 Å². The molecule has 2 aliphatic heterocycles. The van der Waals surface area contributed by atoms with Gasteiger partial charge in [-0.05, 0) is 26.1 Å². The molecule has 0 atom stereocenters. The van der Waals surface area contributed by atoms with Gasteiger partial charge in [-0.3, -0.25) is 4.90 Å². The van der Waals surface area contributed by atoms with Crippen molar-refractivity contribution in [1.29, 1.82) is 0 Å². The Morgan fingerprint density at radius 3 is 2.85 bits per heavy atom. The Morgan fingerprint density at radius 2 is 2.15 bits per heavy atom. The Kier molecular flexibility index (Phi) is 2.86. The molecule has 0 radical (unpaired) electrons. The molecule has 0 aromatic carbocycles. The summed E-state index contributed by atoms with van der Waals surface area (Å²) < 4.78 is 6.00. The minimum atomic E-state index is 0.0955. The molecule has 13 heavy (non-hydrogen) atoms. The van der Waals surface area contributed by atoms with Crippen molar-refractivity contribution >= 4 is 0 Å². The SMILES string of the molecule is CCN1CCCOC12CCNCC2. The van der Waals surface area contributed by atoms with Crippen LogP contribution in [0.5, 0.6) is 0 Å². The summed E-state index contributed by atoms with van der Waals surface area (Å²) >= 11 is 0. The van der Waals surface area contributed by atoms with Crippen LogP contribution in [0.15, 0.2) is 0 Å². The first-order chi connectivity index (χ1) is 6.37. The van der Waals surface area contributed by atoms with Gasteiger partial charge in [0.05, 0.1) is 6.61 Å². The molecule has 0 amide bonds. The van der Waals surface area contributed by atoms with Gasteiger partial charge in [0.15, 0.2) is 0 Å². The van der Waals surface area contributed by atoms with Crippen molar-refractivity contribution in [3.05, 3.63) is 0 Å². The quantitative estimate of drug-likeness (QED) is 0.652. The Bertz CT molecular complexity index is 158. The van der Waals surface area contributed by atoms with E-state index in [2.05, 4.69) is 17.1 Å². The number of ether oxygens (including phenoxy) is 1. The van der Waals surface area contributed by atoms with Gasteiger partial charge >= 0.3 is 0 Å². The van der Waals surface area contributed by atoms with Gasteiger partial charge < -0.3 is 10.1 Å². The molecule has 3 nitrogen and oxygen atoms in total. The molecule has 2 heterocycles. The normalized spacial score (nSPS) is 29.3. The summed E-state index contributed by atoms with van der Waals surface area (Å²) in [7, 11) is 0. The lowest BCUT2D eigenvalue weighted by atomic mass is 9.97. The lowest BCUT2D eigenvalue weighted by Crippen LogP contribution is -2.59. The van der Waals surface area contributed by atoms with Crippen LogP contribution in [-0.2, 0) is 4.74 Å². The van der Waals surface area contributed by atoms with Gasteiger partial charge in [-0.25, -0.2) is 0 Å². The summed E-state index contributed by atoms with van der Waals surface area (Å²) in [4.78, 5) is 2.51. The Morgan fingerprint density at radius 1 is 1.38 bits per heavy atom. The van der Waals surface area contributed by atoms with Crippen LogP contribution in [-0.4, -0.2) is 43.4 Å². The maximum atomic E-state index is 6.00. The number of nitrogens with zero attached hydrogens (tertiary/aromatic N) is 1. The predicted molar refractivity (Wildman–Crippen MR) is 52.7 cm³/mol. The number of piperidine rings is 1. The van der Waals surface area contributed by atoms with E-state index in [4.69, 9.17) is 4.74 Å². The van der Waals surface area contributed by atoms with Crippen LogP contribution >= 0.6 is 0 Å². The van der Waals surface area contributed by atoms with E-state index < -0.39 is 0 Å². The van der Waals surface area contributed by atoms with Crippen molar-refractivity contribution in [1.82, 2.24) is 10.2 Å². The summed E-state index contributed by atoms with van der Waals surface area (Å²) in [5.74, 6) is 0. The third-order valence-electron chi connectivity index (χ3n) is 3.29. The molecule has 0 aromatic heterocycles. The third kappa shape index (κ3) is 1.73. The second-order valence-corrected chi connectivity index (χ2v) is 3.98. The first-order valence-corrected chi connectivity index (χ1v) is 5.47. The summed E-state index contributed by atoms with van der Waals surface area (Å²) in [6.07, 6.45) is 3.50. The molecule has 0 aromatic rings. The molecular weight excluding hydrogens is 164 g/mol. The molecule has 2 rings (SSSR count). The fourth-order valence-corrected chi connectivity index (χ4v) is 2.54. The fraction of sp³-hybridized carbons (Fsp3) is 1.00. The minimum Gasteiger partial charge on any atom is -0.360 e. The maximum Gasteiger partial charge on any atom is 0.124 e. The van der Waals surface area contributed by atoms with Crippen LogP contribution < -0.4 is 5.32 Å². The maximum absolute atomic E-state index is 6.00. The third-order valence-corrected chi connectivity index (χ3v) is 3.29. The van der Waals surface area contributed by atoms with E-state index in [0.29, 0.717) is 0 Å². The minimum absolute atomic E-state index is 0.0955. The van der Waals surface area contributed by atoms with E-state index in [0.717, 1.165) is 39.1 Å². The molecule has 2 saturated heterocycles. The first-order valence-electron chi connectivity index (χ1n) is 5.47. The van der Waals surface area contributed by atoms with Gasteiger partial charge in [0.25, 0.3) is 0 Å². The smallest absolute Gasteiger partial charge is 0.124 e. The van der Waals surface area contributed by atoms with Gasteiger partial charge in [0.2, 0.25) is 0 Å². The van der Waals surface area contributed by atoms with Crippen molar-refractivity contribution in [2.75, 3.05) is 32.8 Å². The number of rotatable bonds is 1. The molecule has 1 spiro atoms. The van der Waals surface area contributed by atoms with Crippen molar-refractivity contribution in [2.24, 2.45) is 0 Å². The predicted octanol–water partition coefficient (Wildman–Crippen LogP) is 0.808. The van der Waals surface area contributed by atoms with Crippen molar-refractivity contribution in [3.8, 4) is 0 Å². The Labute approximate surface area is 80.4 Å². The highest BCUT2D eigenvalue weighted by molar-refractivity contribution is 4.88. The van der Waals surface area contributed by atoms with E-state index in [1.54, 1.807) is 0 Å². The van der Waals surface area contributed by atoms with Gasteiger partial charge in [0, 0.05) is 19.4 Å². The van der Waals surface area contributed by atoms with Crippen LogP contribution in [0.25, 0.3) is 0 Å². The fourth-order valence-electron chi connectivity index (χ4n) is 2.54. The van der Waals surface area contributed by atoms with Gasteiger partial charge in [0.1, 0.15) is 5.72 Å². The van der Waals surface area contributed by atoms with Gasteiger partial charge in [-0.15, -0.1) is 0 Å². The lowest BCUT2D eigenvalue weighted by Gasteiger charge is -2.48. The van der Waals surface area contributed by atoms with Crippen LogP contribution in [0.4, 0.5) is 0 Å². The highest BCUT2D eigenvalue weighted by Gasteiger charge is 2.39. The highest BCUT2D eigenvalue weighted by Crippen LogP contribution is 2.30. The molecule has 0 aliphatic carbocycles. The Balaban J connectivity index is 2.06. The van der Waals surface area contributed by atoms with Gasteiger partial charge in [-0.2, -0.15) is 0 Å². The average molecular weight is 184 g/mol. The van der Waals surface area contributed by atoms with E-state index in [-0.39, 0.29) is 5.72 Å². The zero-order valence-electron chi connectivity index (χ0n) is 8.51.